The molecule has 2 aromatic rings. The molecule has 0 saturated carbocycles. The Labute approximate surface area is 150 Å². The third kappa shape index (κ3) is 6.50. The van der Waals surface area contributed by atoms with Crippen LogP contribution in [0, 0.1) is 0 Å². The van der Waals surface area contributed by atoms with Gasteiger partial charge in [-0.1, -0.05) is 42.5 Å². The molecule has 4 nitrogen and oxygen atoms in total. The van der Waals surface area contributed by atoms with Crippen LogP contribution in [0.4, 0.5) is 0 Å². The van der Waals surface area contributed by atoms with Crippen LogP contribution < -0.4 is 15.0 Å². The van der Waals surface area contributed by atoms with Crippen molar-refractivity contribution in [3.05, 3.63) is 65.7 Å². The third-order valence-corrected chi connectivity index (χ3v) is 4.67. The largest absolute Gasteiger partial charge is 0.489 e. The van der Waals surface area contributed by atoms with E-state index in [4.69, 9.17) is 9.47 Å². The molecule has 0 bridgehead atoms. The molecule has 0 spiro atoms. The van der Waals surface area contributed by atoms with Gasteiger partial charge in [0.05, 0.1) is 26.3 Å². The molecule has 0 aromatic heterocycles. The molecule has 1 fully saturated rings. The molecule has 4 heteroatoms. The van der Waals surface area contributed by atoms with E-state index in [0.717, 1.165) is 25.5 Å². The lowest BCUT2D eigenvalue weighted by Crippen LogP contribution is -3.14. The summed E-state index contributed by atoms with van der Waals surface area (Å²) in [6, 6.07) is 18.8. The Hall–Kier alpha value is -1.88. The first-order chi connectivity index (χ1) is 12.4. The van der Waals surface area contributed by atoms with Crippen molar-refractivity contribution in [2.24, 2.45) is 0 Å². The number of hydrogen-bond donors (Lipinski definition) is 2. The molecule has 0 radical (unpaired) electrons. The minimum atomic E-state index is 0.621. The van der Waals surface area contributed by atoms with Gasteiger partial charge >= 0.3 is 0 Å². The van der Waals surface area contributed by atoms with Gasteiger partial charge in [-0.3, -0.25) is 0 Å². The predicted molar refractivity (Wildman–Crippen MR) is 98.7 cm³/mol. The molecule has 0 aliphatic carbocycles. The lowest BCUT2D eigenvalue weighted by atomic mass is 10.2. The molecule has 3 N–H and O–H groups in total. The van der Waals surface area contributed by atoms with Gasteiger partial charge in [0.1, 0.15) is 32.0 Å². The molecule has 1 heterocycles. The minimum Gasteiger partial charge on any atom is -0.489 e. The lowest BCUT2D eigenvalue weighted by molar-refractivity contribution is -0.909. The monoisotopic (exact) mass is 342 g/mol. The smallest absolute Gasteiger partial charge is 0.120 e. The molecule has 2 aromatic carbocycles. The first-order valence-electron chi connectivity index (χ1n) is 9.39. The van der Waals surface area contributed by atoms with Crippen molar-refractivity contribution < 1.29 is 19.7 Å². The first-order valence-corrected chi connectivity index (χ1v) is 9.39. The van der Waals surface area contributed by atoms with E-state index in [1.165, 1.54) is 43.7 Å². The van der Waals surface area contributed by atoms with Crippen LogP contribution in [0.5, 0.6) is 5.75 Å². The number of rotatable bonds is 9. The summed E-state index contributed by atoms with van der Waals surface area (Å²) < 4.78 is 11.3. The predicted octanol–water partition coefficient (Wildman–Crippen LogP) is 0.634. The van der Waals surface area contributed by atoms with E-state index in [1.54, 1.807) is 4.90 Å². The van der Waals surface area contributed by atoms with Crippen LogP contribution in [0.15, 0.2) is 54.6 Å². The Kier molecular flexibility index (Phi) is 7.31. The highest BCUT2D eigenvalue weighted by atomic mass is 16.5. The molecule has 3 rings (SSSR count). The standard InChI is InChI=1S/C21H28N2O2/c1-2-6-19(7-3-1)18-25-21-9-4-8-20(16-21)17-22-10-5-11-23-12-14-24-15-13-23/h1-4,6-9,16,22H,5,10-15,17-18H2/p+2. The second-order valence-corrected chi connectivity index (χ2v) is 6.67. The molecule has 0 unspecified atom stereocenters. The van der Waals surface area contributed by atoms with Gasteiger partial charge in [-0.2, -0.15) is 0 Å². The Bertz CT molecular complexity index is 612. The lowest BCUT2D eigenvalue weighted by Gasteiger charge is -2.23. The van der Waals surface area contributed by atoms with E-state index < -0.39 is 0 Å². The second kappa shape index (κ2) is 10.2. The van der Waals surface area contributed by atoms with E-state index in [9.17, 15) is 0 Å². The molecule has 25 heavy (non-hydrogen) atoms. The summed E-state index contributed by atoms with van der Waals surface area (Å²) in [7, 11) is 0. The Morgan fingerprint density at radius 2 is 1.76 bits per heavy atom. The van der Waals surface area contributed by atoms with Crippen molar-refractivity contribution in [1.29, 1.82) is 0 Å². The summed E-state index contributed by atoms with van der Waals surface area (Å²) in [5.74, 6) is 0.951. The van der Waals surface area contributed by atoms with Crippen molar-refractivity contribution in [1.82, 2.24) is 0 Å². The van der Waals surface area contributed by atoms with Crippen molar-refractivity contribution in [2.75, 3.05) is 39.4 Å². The molecule has 1 saturated heterocycles. The van der Waals surface area contributed by atoms with E-state index >= 15 is 0 Å². The topological polar surface area (TPSA) is 39.5 Å². The fourth-order valence-corrected chi connectivity index (χ4v) is 3.18. The van der Waals surface area contributed by atoms with Gasteiger partial charge in [-0.05, 0) is 17.7 Å². The van der Waals surface area contributed by atoms with Crippen LogP contribution in [0.1, 0.15) is 17.5 Å². The number of nitrogens with one attached hydrogen (secondary N) is 1. The fraction of sp³-hybridized carbons (Fsp3) is 0.429. The van der Waals surface area contributed by atoms with E-state index in [-0.39, 0.29) is 0 Å². The minimum absolute atomic E-state index is 0.621. The highest BCUT2D eigenvalue weighted by Crippen LogP contribution is 2.14. The summed E-state index contributed by atoms with van der Waals surface area (Å²) in [6.45, 7) is 8.27. The number of benzene rings is 2. The SMILES string of the molecule is c1ccc(COc2cccc(C[NH2+]CCC[NH+]3CCOCC3)c2)cc1. The van der Waals surface area contributed by atoms with Crippen LogP contribution in [-0.4, -0.2) is 39.4 Å². The summed E-state index contributed by atoms with van der Waals surface area (Å²) in [6.07, 6.45) is 1.26. The van der Waals surface area contributed by atoms with Gasteiger partial charge in [0.15, 0.2) is 0 Å². The maximum Gasteiger partial charge on any atom is 0.120 e. The van der Waals surface area contributed by atoms with E-state index in [1.807, 2.05) is 24.3 Å². The van der Waals surface area contributed by atoms with Crippen LogP contribution in [0.2, 0.25) is 0 Å². The number of ether oxygens (including phenoxy) is 2. The first kappa shape index (κ1) is 17.9. The Morgan fingerprint density at radius 3 is 2.60 bits per heavy atom. The molecular formula is C21H30N2O2+2. The van der Waals surface area contributed by atoms with Gasteiger partial charge in [-0.25, -0.2) is 0 Å². The van der Waals surface area contributed by atoms with Crippen LogP contribution in [0.3, 0.4) is 0 Å². The van der Waals surface area contributed by atoms with Gasteiger partial charge in [-0.15, -0.1) is 0 Å². The second-order valence-electron chi connectivity index (χ2n) is 6.67. The normalized spacial score (nSPS) is 15.2. The molecule has 1 aliphatic rings. The van der Waals surface area contributed by atoms with Gasteiger partial charge in [0.25, 0.3) is 0 Å². The average molecular weight is 342 g/mol. The molecular weight excluding hydrogens is 312 g/mol. The highest BCUT2D eigenvalue weighted by molar-refractivity contribution is 5.28. The van der Waals surface area contributed by atoms with Crippen molar-refractivity contribution in [2.45, 2.75) is 19.6 Å². The van der Waals surface area contributed by atoms with Crippen LogP contribution >= 0.6 is 0 Å². The Balaban J connectivity index is 1.35. The summed E-state index contributed by atoms with van der Waals surface area (Å²) in [4.78, 5) is 1.69. The van der Waals surface area contributed by atoms with Crippen molar-refractivity contribution in [3.63, 3.8) is 0 Å². The highest BCUT2D eigenvalue weighted by Gasteiger charge is 2.12. The number of nitrogens with two attached hydrogens (primary N) is 1. The Morgan fingerprint density at radius 1 is 0.960 bits per heavy atom. The van der Waals surface area contributed by atoms with Gasteiger partial charge in [0, 0.05) is 12.0 Å². The van der Waals surface area contributed by atoms with Gasteiger partial charge in [0.2, 0.25) is 0 Å². The average Bonchev–Trinajstić information content (AvgIpc) is 2.68. The maximum atomic E-state index is 5.91. The summed E-state index contributed by atoms with van der Waals surface area (Å²) in [5.41, 5.74) is 2.52. The summed E-state index contributed by atoms with van der Waals surface area (Å²) >= 11 is 0. The molecule has 134 valence electrons. The van der Waals surface area contributed by atoms with Gasteiger partial charge < -0.3 is 19.7 Å². The molecule has 1 aliphatic heterocycles. The zero-order valence-electron chi connectivity index (χ0n) is 15.0. The third-order valence-electron chi connectivity index (χ3n) is 4.67. The van der Waals surface area contributed by atoms with Crippen molar-refractivity contribution >= 4 is 0 Å². The summed E-state index contributed by atoms with van der Waals surface area (Å²) in [5, 5.41) is 2.40. The number of quaternary nitrogens is 2. The van der Waals surface area contributed by atoms with Crippen molar-refractivity contribution in [3.8, 4) is 5.75 Å². The van der Waals surface area contributed by atoms with E-state index in [2.05, 4.69) is 35.6 Å². The fourth-order valence-electron chi connectivity index (χ4n) is 3.18. The molecule has 0 amide bonds. The number of morpholine rings is 1. The number of hydrogen-bond acceptors (Lipinski definition) is 2. The maximum absolute atomic E-state index is 5.91. The van der Waals surface area contributed by atoms with Crippen LogP contribution in [-0.2, 0) is 17.9 Å². The van der Waals surface area contributed by atoms with Crippen LogP contribution in [0.25, 0.3) is 0 Å². The van der Waals surface area contributed by atoms with E-state index in [0.29, 0.717) is 6.61 Å². The molecule has 0 atom stereocenters. The zero-order chi connectivity index (χ0) is 17.2. The quantitative estimate of drug-likeness (QED) is 0.657. The zero-order valence-corrected chi connectivity index (χ0v) is 15.0.